The number of rotatable bonds is 6. The van der Waals surface area contributed by atoms with Crippen molar-refractivity contribution in [2.75, 3.05) is 26.2 Å². The molecule has 6 nitrogen and oxygen atoms in total. The number of benzene rings is 2. The molecular formula is C20H22N2O4. The third-order valence-corrected chi connectivity index (χ3v) is 4.68. The van der Waals surface area contributed by atoms with Crippen LogP contribution in [0.4, 0.5) is 0 Å². The van der Waals surface area contributed by atoms with E-state index in [0.717, 1.165) is 50.4 Å². The Labute approximate surface area is 152 Å². The van der Waals surface area contributed by atoms with Crippen molar-refractivity contribution in [3.63, 3.8) is 0 Å². The molecule has 3 rings (SSSR count). The molecule has 0 saturated carbocycles. The van der Waals surface area contributed by atoms with Gasteiger partial charge in [-0.1, -0.05) is 24.3 Å². The minimum absolute atomic E-state index is 0.312. The van der Waals surface area contributed by atoms with Gasteiger partial charge in [0.25, 0.3) is 0 Å². The van der Waals surface area contributed by atoms with Crippen LogP contribution in [-0.4, -0.2) is 58.1 Å². The maximum absolute atomic E-state index is 10.9. The third-order valence-electron chi connectivity index (χ3n) is 4.68. The normalized spacial score (nSPS) is 15.7. The molecule has 2 aromatic carbocycles. The maximum Gasteiger partial charge on any atom is 0.335 e. The van der Waals surface area contributed by atoms with Crippen LogP contribution in [0.2, 0.25) is 0 Å². The molecule has 1 saturated heterocycles. The van der Waals surface area contributed by atoms with Gasteiger partial charge in [0.05, 0.1) is 11.1 Å². The first-order chi connectivity index (χ1) is 12.5. The van der Waals surface area contributed by atoms with Gasteiger partial charge >= 0.3 is 11.9 Å². The third kappa shape index (κ3) is 4.68. The molecule has 0 unspecified atom stereocenters. The monoisotopic (exact) mass is 354 g/mol. The van der Waals surface area contributed by atoms with Crippen LogP contribution in [-0.2, 0) is 13.1 Å². The Morgan fingerprint density at radius 2 is 0.962 bits per heavy atom. The van der Waals surface area contributed by atoms with Gasteiger partial charge in [0, 0.05) is 39.3 Å². The predicted molar refractivity (Wildman–Crippen MR) is 97.4 cm³/mol. The average Bonchev–Trinajstić information content (AvgIpc) is 2.64. The molecule has 0 amide bonds. The molecule has 0 atom stereocenters. The molecule has 1 aliphatic heterocycles. The predicted octanol–water partition coefficient (Wildman–Crippen LogP) is 2.40. The second kappa shape index (κ2) is 8.12. The summed E-state index contributed by atoms with van der Waals surface area (Å²) in [6.07, 6.45) is 0. The van der Waals surface area contributed by atoms with Gasteiger partial charge in [0.1, 0.15) is 0 Å². The highest BCUT2D eigenvalue weighted by Crippen LogP contribution is 2.13. The minimum atomic E-state index is -0.901. The van der Waals surface area contributed by atoms with E-state index in [0.29, 0.717) is 11.1 Å². The van der Waals surface area contributed by atoms with Gasteiger partial charge in [-0.05, 0) is 35.4 Å². The van der Waals surface area contributed by atoms with Gasteiger partial charge in [-0.2, -0.15) is 0 Å². The first-order valence-electron chi connectivity index (χ1n) is 8.60. The van der Waals surface area contributed by atoms with Gasteiger partial charge in [-0.3, -0.25) is 9.80 Å². The molecule has 0 aliphatic carbocycles. The van der Waals surface area contributed by atoms with Crippen molar-refractivity contribution in [1.82, 2.24) is 9.80 Å². The van der Waals surface area contributed by atoms with E-state index in [1.165, 1.54) is 0 Å². The Balaban J connectivity index is 1.47. The Morgan fingerprint density at radius 1 is 0.654 bits per heavy atom. The molecule has 136 valence electrons. The van der Waals surface area contributed by atoms with Crippen molar-refractivity contribution in [1.29, 1.82) is 0 Å². The highest BCUT2D eigenvalue weighted by molar-refractivity contribution is 5.87. The molecule has 1 fully saturated rings. The summed E-state index contributed by atoms with van der Waals surface area (Å²) in [5.74, 6) is -1.80. The summed E-state index contributed by atoms with van der Waals surface area (Å²) in [6.45, 7) is 5.45. The Kier molecular flexibility index (Phi) is 5.65. The molecule has 1 heterocycles. The van der Waals surface area contributed by atoms with Crippen molar-refractivity contribution in [3.8, 4) is 0 Å². The summed E-state index contributed by atoms with van der Waals surface area (Å²) in [6, 6.07) is 14.1. The van der Waals surface area contributed by atoms with E-state index in [4.69, 9.17) is 10.2 Å². The van der Waals surface area contributed by atoms with Crippen LogP contribution in [0.25, 0.3) is 0 Å². The van der Waals surface area contributed by atoms with E-state index < -0.39 is 11.9 Å². The second-order valence-corrected chi connectivity index (χ2v) is 6.56. The fourth-order valence-electron chi connectivity index (χ4n) is 3.13. The van der Waals surface area contributed by atoms with E-state index >= 15 is 0 Å². The number of aromatic carboxylic acids is 2. The van der Waals surface area contributed by atoms with Gasteiger partial charge in [-0.25, -0.2) is 9.59 Å². The van der Waals surface area contributed by atoms with Crippen LogP contribution in [0.15, 0.2) is 48.5 Å². The van der Waals surface area contributed by atoms with Crippen LogP contribution in [0.1, 0.15) is 31.8 Å². The summed E-state index contributed by atoms with van der Waals surface area (Å²) in [7, 11) is 0. The molecule has 0 aromatic heterocycles. The van der Waals surface area contributed by atoms with Crippen LogP contribution >= 0.6 is 0 Å². The number of carbonyl (C=O) groups is 2. The summed E-state index contributed by atoms with van der Waals surface area (Å²) in [5, 5.41) is 17.9. The number of piperazine rings is 1. The fraction of sp³-hybridized carbons (Fsp3) is 0.300. The van der Waals surface area contributed by atoms with Crippen molar-refractivity contribution in [2.24, 2.45) is 0 Å². The summed E-state index contributed by atoms with van der Waals surface area (Å²) >= 11 is 0. The zero-order valence-electron chi connectivity index (χ0n) is 14.5. The SMILES string of the molecule is O=C(O)c1ccc(CN2CCN(Cc3ccc(C(=O)O)cc3)CC2)cc1. The first-order valence-corrected chi connectivity index (χ1v) is 8.60. The van der Waals surface area contributed by atoms with Crippen LogP contribution < -0.4 is 0 Å². The van der Waals surface area contributed by atoms with Gasteiger partial charge in [-0.15, -0.1) is 0 Å². The molecule has 6 heteroatoms. The lowest BCUT2D eigenvalue weighted by molar-refractivity contribution is 0.0686. The minimum Gasteiger partial charge on any atom is -0.478 e. The number of carboxylic acid groups (broad SMARTS) is 2. The highest BCUT2D eigenvalue weighted by Gasteiger charge is 2.17. The van der Waals surface area contributed by atoms with Crippen molar-refractivity contribution in [3.05, 3.63) is 70.8 Å². The number of hydrogen-bond acceptors (Lipinski definition) is 4. The van der Waals surface area contributed by atoms with Gasteiger partial charge < -0.3 is 10.2 Å². The quantitative estimate of drug-likeness (QED) is 0.829. The summed E-state index contributed by atoms with van der Waals surface area (Å²) in [5.41, 5.74) is 2.86. The van der Waals surface area contributed by atoms with E-state index in [1.807, 2.05) is 24.3 Å². The molecule has 2 N–H and O–H groups in total. The molecule has 0 bridgehead atoms. The topological polar surface area (TPSA) is 81.1 Å². The van der Waals surface area contributed by atoms with Crippen LogP contribution in [0, 0.1) is 0 Å². The maximum atomic E-state index is 10.9. The standard InChI is InChI=1S/C20H22N2O4/c23-19(24)17-5-1-15(2-6-17)13-21-9-11-22(12-10-21)14-16-3-7-18(8-4-16)20(25)26/h1-8H,9-14H2,(H,23,24)(H,25,26). The average molecular weight is 354 g/mol. The molecule has 1 aliphatic rings. The van der Waals surface area contributed by atoms with E-state index in [9.17, 15) is 9.59 Å². The number of nitrogens with zero attached hydrogens (tertiary/aromatic N) is 2. The Bertz CT molecular complexity index is 696. The number of carboxylic acids is 2. The molecule has 0 spiro atoms. The van der Waals surface area contributed by atoms with Crippen molar-refractivity contribution < 1.29 is 19.8 Å². The lowest BCUT2D eigenvalue weighted by Crippen LogP contribution is -2.45. The summed E-state index contributed by atoms with van der Waals surface area (Å²) < 4.78 is 0. The van der Waals surface area contributed by atoms with Crippen molar-refractivity contribution >= 4 is 11.9 Å². The van der Waals surface area contributed by atoms with E-state index in [-0.39, 0.29) is 0 Å². The largest absolute Gasteiger partial charge is 0.478 e. The molecular weight excluding hydrogens is 332 g/mol. The van der Waals surface area contributed by atoms with E-state index in [2.05, 4.69) is 9.80 Å². The second-order valence-electron chi connectivity index (χ2n) is 6.56. The summed E-state index contributed by atoms with van der Waals surface area (Å²) in [4.78, 5) is 26.5. The van der Waals surface area contributed by atoms with Crippen LogP contribution in [0.3, 0.4) is 0 Å². The first kappa shape index (κ1) is 18.1. The fourth-order valence-corrected chi connectivity index (χ4v) is 3.13. The zero-order chi connectivity index (χ0) is 18.5. The lowest BCUT2D eigenvalue weighted by Gasteiger charge is -2.34. The highest BCUT2D eigenvalue weighted by atomic mass is 16.4. The smallest absolute Gasteiger partial charge is 0.335 e. The lowest BCUT2D eigenvalue weighted by atomic mass is 10.1. The van der Waals surface area contributed by atoms with Crippen LogP contribution in [0.5, 0.6) is 0 Å². The molecule has 26 heavy (non-hydrogen) atoms. The van der Waals surface area contributed by atoms with Gasteiger partial charge in [0.2, 0.25) is 0 Å². The zero-order valence-corrected chi connectivity index (χ0v) is 14.5. The number of hydrogen-bond donors (Lipinski definition) is 2. The van der Waals surface area contributed by atoms with Crippen molar-refractivity contribution in [2.45, 2.75) is 13.1 Å². The van der Waals surface area contributed by atoms with E-state index in [1.54, 1.807) is 24.3 Å². The Hall–Kier alpha value is -2.70. The Morgan fingerprint density at radius 3 is 1.23 bits per heavy atom. The molecule has 0 radical (unpaired) electrons. The molecule has 2 aromatic rings. The van der Waals surface area contributed by atoms with Gasteiger partial charge in [0.15, 0.2) is 0 Å².